The maximum Gasteiger partial charge on any atom is 0.261 e. The van der Waals surface area contributed by atoms with Gasteiger partial charge in [-0.3, -0.25) is 4.79 Å². The van der Waals surface area contributed by atoms with E-state index in [1.807, 2.05) is 30.3 Å². The second-order valence-corrected chi connectivity index (χ2v) is 9.36. The number of methoxy groups -OCH3 is 1. The lowest BCUT2D eigenvalue weighted by molar-refractivity contribution is -0.118. The largest absolute Gasteiger partial charge is 0.496 e. The predicted octanol–water partition coefficient (Wildman–Crippen LogP) is 4.88. The van der Waals surface area contributed by atoms with Crippen LogP contribution in [0.2, 0.25) is 0 Å². The van der Waals surface area contributed by atoms with E-state index in [2.05, 4.69) is 4.99 Å². The van der Waals surface area contributed by atoms with Crippen molar-refractivity contribution in [3.8, 4) is 23.0 Å². The molecule has 1 atom stereocenters. The van der Waals surface area contributed by atoms with Crippen molar-refractivity contribution in [1.29, 1.82) is 0 Å². The molecule has 0 saturated carbocycles. The molecule has 0 aromatic heterocycles. The summed E-state index contributed by atoms with van der Waals surface area (Å²) in [6, 6.07) is 11.1. The Labute approximate surface area is 195 Å². The van der Waals surface area contributed by atoms with Crippen LogP contribution in [-0.2, 0) is 11.4 Å². The lowest BCUT2D eigenvalue weighted by Gasteiger charge is -2.19. The van der Waals surface area contributed by atoms with Crippen molar-refractivity contribution in [1.82, 2.24) is 0 Å². The average molecular weight is 463 g/mol. The molecular weight excluding hydrogens is 440 g/mol. The molecule has 2 aromatic rings. The minimum atomic E-state index is -0.263. The van der Waals surface area contributed by atoms with Gasteiger partial charge in [0.25, 0.3) is 5.91 Å². The van der Waals surface area contributed by atoms with Gasteiger partial charge < -0.3 is 18.9 Å². The zero-order chi connectivity index (χ0) is 22.4. The Morgan fingerprint density at radius 2 is 1.94 bits per heavy atom. The van der Waals surface area contributed by atoms with Gasteiger partial charge in [-0.2, -0.15) is 4.99 Å². The summed E-state index contributed by atoms with van der Waals surface area (Å²) in [7, 11) is 1.62. The zero-order valence-corrected chi connectivity index (χ0v) is 18.9. The van der Waals surface area contributed by atoms with Crippen LogP contribution in [0.25, 0.3) is 0 Å². The van der Waals surface area contributed by atoms with Gasteiger partial charge >= 0.3 is 0 Å². The highest BCUT2D eigenvalue weighted by atomic mass is 32.2. The van der Waals surface area contributed by atoms with Crippen LogP contribution in [0.1, 0.15) is 36.8 Å². The third kappa shape index (κ3) is 3.68. The van der Waals surface area contributed by atoms with Crippen molar-refractivity contribution in [2.45, 2.75) is 32.3 Å². The number of hydrogen-bond donors (Lipinski definition) is 0. The van der Waals surface area contributed by atoms with Crippen molar-refractivity contribution in [2.75, 3.05) is 13.9 Å². The van der Waals surface area contributed by atoms with E-state index in [9.17, 15) is 4.79 Å². The normalized spacial score (nSPS) is 20.8. The summed E-state index contributed by atoms with van der Waals surface area (Å²) in [5.74, 6) is 2.81. The summed E-state index contributed by atoms with van der Waals surface area (Å²) in [5, 5.41) is 0.867. The van der Waals surface area contributed by atoms with E-state index in [-0.39, 0.29) is 25.2 Å². The molecule has 0 radical (unpaired) electrons. The van der Waals surface area contributed by atoms with Gasteiger partial charge in [0.1, 0.15) is 24.0 Å². The standard InChI is InChI=1S/C25H22N2O5S/c1-29-18-8-6-14(10-15(18)12-30-16-7-9-19-20(11-16)32-13-31-19)23-26-24(28)22-17-4-2-3-5-21(17)33-25(22)27-23/h6-11,22H,2-5,12-13H2,1H3. The highest BCUT2D eigenvalue weighted by molar-refractivity contribution is 8.17. The summed E-state index contributed by atoms with van der Waals surface area (Å²) in [5.41, 5.74) is 2.84. The lowest BCUT2D eigenvalue weighted by atomic mass is 9.89. The number of thioether (sulfide) groups is 1. The summed E-state index contributed by atoms with van der Waals surface area (Å²) in [6.45, 7) is 0.497. The van der Waals surface area contributed by atoms with Gasteiger partial charge in [0.2, 0.25) is 6.79 Å². The molecule has 0 bridgehead atoms. The number of fused-ring (bicyclic) bond motifs is 3. The molecule has 168 valence electrons. The van der Waals surface area contributed by atoms with Gasteiger partial charge in [-0.1, -0.05) is 11.8 Å². The number of carbonyl (C=O) groups is 1. The van der Waals surface area contributed by atoms with E-state index >= 15 is 0 Å². The topological polar surface area (TPSA) is 78.7 Å². The number of amidine groups is 1. The number of ether oxygens (including phenoxy) is 4. The van der Waals surface area contributed by atoms with Crippen molar-refractivity contribution >= 4 is 28.5 Å². The van der Waals surface area contributed by atoms with Crippen LogP contribution in [0.4, 0.5) is 0 Å². The van der Waals surface area contributed by atoms with Crippen LogP contribution < -0.4 is 18.9 Å². The first-order valence-electron chi connectivity index (χ1n) is 11.0. The van der Waals surface area contributed by atoms with Gasteiger partial charge in [-0.15, -0.1) is 0 Å². The molecule has 2 aromatic carbocycles. The quantitative estimate of drug-likeness (QED) is 0.630. The van der Waals surface area contributed by atoms with Gasteiger partial charge in [-0.05, 0) is 66.5 Å². The number of rotatable bonds is 5. The van der Waals surface area contributed by atoms with Crippen molar-refractivity contribution in [2.24, 2.45) is 15.9 Å². The first kappa shape index (κ1) is 20.4. The molecule has 6 rings (SSSR count). The molecule has 33 heavy (non-hydrogen) atoms. The fraction of sp³-hybridized carbons (Fsp3) is 0.320. The Hall–Kier alpha value is -3.26. The molecule has 1 amide bonds. The first-order valence-corrected chi connectivity index (χ1v) is 11.8. The first-order chi connectivity index (χ1) is 16.2. The van der Waals surface area contributed by atoms with Crippen LogP contribution in [-0.4, -0.2) is 30.7 Å². The SMILES string of the molecule is COc1ccc(C2=NC(=O)C3C(=N2)SC2=C3CCCC2)cc1COc1ccc2c(c1)OCO2. The third-order valence-electron chi connectivity index (χ3n) is 6.24. The van der Waals surface area contributed by atoms with E-state index in [0.717, 1.165) is 35.4 Å². The number of benzene rings is 2. The number of hydrogen-bond acceptors (Lipinski definition) is 7. The van der Waals surface area contributed by atoms with Gasteiger partial charge in [0.05, 0.1) is 12.2 Å². The summed E-state index contributed by atoms with van der Waals surface area (Å²) in [6.07, 6.45) is 4.34. The summed E-state index contributed by atoms with van der Waals surface area (Å²) < 4.78 is 22.3. The van der Waals surface area contributed by atoms with Crippen LogP contribution in [0, 0.1) is 5.92 Å². The number of nitrogens with zero attached hydrogens (tertiary/aromatic N) is 2. The van der Waals surface area contributed by atoms with Crippen molar-refractivity contribution in [3.63, 3.8) is 0 Å². The number of carbonyl (C=O) groups excluding carboxylic acids is 1. The van der Waals surface area contributed by atoms with Crippen LogP contribution in [0.3, 0.4) is 0 Å². The van der Waals surface area contributed by atoms with Gasteiger partial charge in [-0.25, -0.2) is 4.99 Å². The van der Waals surface area contributed by atoms with Crippen molar-refractivity contribution < 1.29 is 23.7 Å². The van der Waals surface area contributed by atoms with Crippen LogP contribution in [0.5, 0.6) is 23.0 Å². The Bertz CT molecular complexity index is 1250. The number of amides is 1. The zero-order valence-electron chi connectivity index (χ0n) is 18.1. The average Bonchev–Trinajstić information content (AvgIpc) is 3.46. The Balaban J connectivity index is 1.25. The highest BCUT2D eigenvalue weighted by Crippen LogP contribution is 2.47. The molecule has 0 spiro atoms. The maximum absolute atomic E-state index is 12.9. The molecule has 4 aliphatic rings. The molecule has 0 N–H and O–H groups in total. The molecule has 3 heterocycles. The minimum absolute atomic E-state index is 0.108. The fourth-order valence-electron chi connectivity index (χ4n) is 4.58. The molecule has 8 heteroatoms. The maximum atomic E-state index is 12.9. The molecule has 3 aliphatic heterocycles. The summed E-state index contributed by atoms with van der Waals surface area (Å²) >= 11 is 1.67. The molecule has 0 saturated heterocycles. The smallest absolute Gasteiger partial charge is 0.261 e. The van der Waals surface area contributed by atoms with Gasteiger partial charge in [0.15, 0.2) is 17.3 Å². The van der Waals surface area contributed by atoms with E-state index in [0.29, 0.717) is 28.8 Å². The Morgan fingerprint density at radius 1 is 1.06 bits per heavy atom. The van der Waals surface area contributed by atoms with Gasteiger partial charge in [0, 0.05) is 17.2 Å². The molecule has 0 fully saturated rings. The highest BCUT2D eigenvalue weighted by Gasteiger charge is 2.40. The van der Waals surface area contributed by atoms with Crippen LogP contribution in [0.15, 0.2) is 56.9 Å². The van der Waals surface area contributed by atoms with E-state index in [1.54, 1.807) is 24.9 Å². The molecule has 1 aliphatic carbocycles. The van der Waals surface area contributed by atoms with Crippen molar-refractivity contribution in [3.05, 3.63) is 58.0 Å². The molecule has 7 nitrogen and oxygen atoms in total. The Kier molecular flexibility index (Phi) is 5.10. The predicted molar refractivity (Wildman–Crippen MR) is 125 cm³/mol. The third-order valence-corrected chi connectivity index (χ3v) is 7.49. The second kappa shape index (κ2) is 8.26. The summed E-state index contributed by atoms with van der Waals surface area (Å²) in [4.78, 5) is 23.4. The lowest BCUT2D eigenvalue weighted by Crippen LogP contribution is -2.26. The number of allylic oxidation sites excluding steroid dienone is 1. The van der Waals surface area contributed by atoms with E-state index in [4.69, 9.17) is 23.9 Å². The monoisotopic (exact) mass is 462 g/mol. The molecular formula is C25H22N2O5S. The molecule has 1 unspecified atom stereocenters. The van der Waals surface area contributed by atoms with E-state index < -0.39 is 0 Å². The second-order valence-electron chi connectivity index (χ2n) is 8.24. The van der Waals surface area contributed by atoms with Crippen LogP contribution >= 0.6 is 11.8 Å². The van der Waals surface area contributed by atoms with E-state index in [1.165, 1.54) is 16.9 Å². The minimum Gasteiger partial charge on any atom is -0.496 e. The number of aliphatic imine (C=N–C) groups is 2. The fourth-order valence-corrected chi connectivity index (χ4v) is 5.93. The Morgan fingerprint density at radius 3 is 2.85 bits per heavy atom.